The van der Waals surface area contributed by atoms with Gasteiger partial charge in [-0.05, 0) is 13.3 Å². The van der Waals surface area contributed by atoms with Crippen LogP contribution in [-0.4, -0.2) is 25.4 Å². The zero-order valence-electron chi connectivity index (χ0n) is 4.65. The van der Waals surface area contributed by atoms with Crippen molar-refractivity contribution < 1.29 is 4.57 Å². The van der Waals surface area contributed by atoms with E-state index in [-0.39, 0.29) is 0 Å². The van der Waals surface area contributed by atoms with Crippen LogP contribution in [0.25, 0.3) is 0 Å². The van der Waals surface area contributed by atoms with E-state index in [2.05, 4.69) is 0 Å². The van der Waals surface area contributed by atoms with Crippen molar-refractivity contribution >= 4 is 18.7 Å². The Morgan fingerprint density at radius 2 is 2.00 bits per heavy atom. The highest BCUT2D eigenvalue weighted by Crippen LogP contribution is 2.34. The second-order valence-corrected chi connectivity index (χ2v) is 5.96. The van der Waals surface area contributed by atoms with Crippen LogP contribution in [0.3, 0.4) is 0 Å². The van der Waals surface area contributed by atoms with Crippen molar-refractivity contribution in [2.75, 3.05) is 25.4 Å². The Kier molecular flexibility index (Phi) is 2.94. The lowest BCUT2D eigenvalue weighted by Gasteiger charge is -1.98. The molecule has 0 saturated heterocycles. The van der Waals surface area contributed by atoms with Crippen molar-refractivity contribution in [3.05, 3.63) is 0 Å². The molecule has 0 N–H and O–H groups in total. The van der Waals surface area contributed by atoms with Crippen molar-refractivity contribution in [1.29, 1.82) is 0 Å². The third-order valence-corrected chi connectivity index (χ3v) is 2.38. The van der Waals surface area contributed by atoms with Crippen LogP contribution in [0.5, 0.6) is 0 Å². The maximum Gasteiger partial charge on any atom is 0.0830 e. The molecule has 0 heterocycles. The first-order valence-corrected chi connectivity index (χ1v) is 5.48. The van der Waals surface area contributed by atoms with Crippen LogP contribution in [0.4, 0.5) is 0 Å². The van der Waals surface area contributed by atoms with Gasteiger partial charge in [0, 0.05) is 12.0 Å². The molecule has 0 rings (SSSR count). The second-order valence-electron chi connectivity index (χ2n) is 1.99. The second kappa shape index (κ2) is 2.74. The summed E-state index contributed by atoms with van der Waals surface area (Å²) in [7, 11) is -1.80. The lowest BCUT2D eigenvalue weighted by atomic mass is 11.0. The molecule has 7 heavy (non-hydrogen) atoms. The van der Waals surface area contributed by atoms with Crippen LogP contribution in [0.2, 0.25) is 0 Å². The van der Waals surface area contributed by atoms with Gasteiger partial charge in [0.25, 0.3) is 0 Å². The average Bonchev–Trinajstić information content (AvgIpc) is 1.30. The molecule has 0 aromatic rings. The monoisotopic (exact) mass is 140 g/mol. The van der Waals surface area contributed by atoms with E-state index in [0.29, 0.717) is 12.0 Å². The van der Waals surface area contributed by atoms with Gasteiger partial charge in [0.05, 0.1) is 7.14 Å². The summed E-state index contributed by atoms with van der Waals surface area (Å²) in [5.74, 6) is 0.518. The summed E-state index contributed by atoms with van der Waals surface area (Å²) in [4.78, 5) is 0. The van der Waals surface area contributed by atoms with E-state index >= 15 is 0 Å². The van der Waals surface area contributed by atoms with Gasteiger partial charge in [-0.3, -0.25) is 0 Å². The fourth-order valence-electron chi connectivity index (χ4n) is 0.204. The van der Waals surface area contributed by atoms with Crippen molar-refractivity contribution in [3.63, 3.8) is 0 Å². The first-order chi connectivity index (χ1) is 3.06. The van der Waals surface area contributed by atoms with Crippen LogP contribution in [0.15, 0.2) is 0 Å². The molecular weight excluding hydrogens is 130 g/mol. The van der Waals surface area contributed by atoms with E-state index in [1.165, 1.54) is 0 Å². The van der Waals surface area contributed by atoms with Gasteiger partial charge in [0.15, 0.2) is 0 Å². The third-order valence-electron chi connectivity index (χ3n) is 0.623. The Balaban J connectivity index is 3.36. The first-order valence-electron chi connectivity index (χ1n) is 2.16. The smallest absolute Gasteiger partial charge is 0.0830 e. The van der Waals surface area contributed by atoms with E-state index in [0.717, 1.165) is 0 Å². The van der Waals surface area contributed by atoms with Crippen LogP contribution in [0.1, 0.15) is 0 Å². The van der Waals surface area contributed by atoms with Crippen LogP contribution < -0.4 is 0 Å². The molecule has 3 heteroatoms. The van der Waals surface area contributed by atoms with Gasteiger partial charge in [-0.15, -0.1) is 11.6 Å². The number of alkyl halides is 1. The summed E-state index contributed by atoms with van der Waals surface area (Å²) < 4.78 is 10.7. The minimum absolute atomic E-state index is 0.518. The molecule has 0 spiro atoms. The molecule has 0 aromatic carbocycles. The third kappa shape index (κ3) is 6.52. The highest BCUT2D eigenvalue weighted by molar-refractivity contribution is 7.62. The van der Waals surface area contributed by atoms with Gasteiger partial charge < -0.3 is 4.57 Å². The van der Waals surface area contributed by atoms with E-state index in [4.69, 9.17) is 11.6 Å². The van der Waals surface area contributed by atoms with Gasteiger partial charge in [-0.1, -0.05) is 0 Å². The number of rotatable bonds is 2. The molecule has 44 valence electrons. The average molecular weight is 141 g/mol. The molecule has 0 aliphatic heterocycles. The predicted octanol–water partition coefficient (Wildman–Crippen LogP) is 1.85. The minimum atomic E-state index is -1.80. The van der Waals surface area contributed by atoms with Crippen LogP contribution in [0, 0.1) is 0 Å². The van der Waals surface area contributed by atoms with E-state index in [1.54, 1.807) is 13.3 Å². The van der Waals surface area contributed by atoms with Gasteiger partial charge in [-0.2, -0.15) is 0 Å². The fourth-order valence-corrected chi connectivity index (χ4v) is 1.83. The molecule has 0 bridgehead atoms. The van der Waals surface area contributed by atoms with Gasteiger partial charge in [0.1, 0.15) is 0 Å². The normalized spacial score (nSPS) is 11.9. The molecule has 0 saturated carbocycles. The highest BCUT2D eigenvalue weighted by atomic mass is 35.5. The van der Waals surface area contributed by atoms with E-state index < -0.39 is 7.14 Å². The molecule has 0 aliphatic carbocycles. The molecule has 0 fully saturated rings. The van der Waals surface area contributed by atoms with Gasteiger partial charge in [0.2, 0.25) is 0 Å². The Morgan fingerprint density at radius 1 is 1.57 bits per heavy atom. The molecule has 0 radical (unpaired) electrons. The fraction of sp³-hybridized carbons (Fsp3) is 1.00. The molecule has 0 amide bonds. The zero-order valence-corrected chi connectivity index (χ0v) is 6.30. The molecule has 0 unspecified atom stereocenters. The van der Waals surface area contributed by atoms with Gasteiger partial charge >= 0.3 is 0 Å². The lowest BCUT2D eigenvalue weighted by molar-refractivity contribution is 0.583. The van der Waals surface area contributed by atoms with Crippen molar-refractivity contribution in [2.45, 2.75) is 0 Å². The quantitative estimate of drug-likeness (QED) is 0.423. The molecule has 1 nitrogen and oxygen atoms in total. The highest BCUT2D eigenvalue weighted by Gasteiger charge is 2.02. The van der Waals surface area contributed by atoms with Gasteiger partial charge in [-0.25, -0.2) is 0 Å². The topological polar surface area (TPSA) is 17.1 Å². The largest absolute Gasteiger partial charge is 0.324 e. The van der Waals surface area contributed by atoms with Crippen molar-refractivity contribution in [3.8, 4) is 0 Å². The summed E-state index contributed by atoms with van der Waals surface area (Å²) >= 11 is 5.31. The summed E-state index contributed by atoms with van der Waals surface area (Å²) in [5, 5.41) is 0. The summed E-state index contributed by atoms with van der Waals surface area (Å²) in [5.41, 5.74) is 0. The maximum absolute atomic E-state index is 10.7. The Labute approximate surface area is 49.4 Å². The molecule has 0 aromatic heterocycles. The van der Waals surface area contributed by atoms with Crippen molar-refractivity contribution in [2.24, 2.45) is 0 Å². The Morgan fingerprint density at radius 3 is 2.00 bits per heavy atom. The maximum atomic E-state index is 10.7. The Hall–Kier alpha value is 0.520. The molecule has 0 aliphatic rings. The SMILES string of the molecule is CP(C)(=O)CCCl. The van der Waals surface area contributed by atoms with Crippen LogP contribution >= 0.6 is 18.7 Å². The van der Waals surface area contributed by atoms with E-state index in [9.17, 15) is 4.57 Å². The Bertz CT molecular complexity index is 85.7. The summed E-state index contributed by atoms with van der Waals surface area (Å²) in [6, 6.07) is 0. The molecule has 0 atom stereocenters. The number of halogens is 1. The lowest BCUT2D eigenvalue weighted by Crippen LogP contribution is -1.84. The number of hydrogen-bond acceptors (Lipinski definition) is 1. The number of hydrogen-bond donors (Lipinski definition) is 0. The van der Waals surface area contributed by atoms with Crippen molar-refractivity contribution in [1.82, 2.24) is 0 Å². The summed E-state index contributed by atoms with van der Waals surface area (Å²) in [6.07, 6.45) is 0.661. The first kappa shape index (κ1) is 7.52. The zero-order chi connectivity index (χ0) is 5.91. The summed E-state index contributed by atoms with van der Waals surface area (Å²) in [6.45, 7) is 3.49. The minimum Gasteiger partial charge on any atom is -0.324 e. The van der Waals surface area contributed by atoms with E-state index in [1.807, 2.05) is 0 Å². The molecular formula is C4H10ClOP. The van der Waals surface area contributed by atoms with Crippen LogP contribution in [-0.2, 0) is 4.57 Å². The standard InChI is InChI=1S/C4H10ClOP/c1-7(2,6)4-3-5/h3-4H2,1-2H3. The predicted molar refractivity (Wildman–Crippen MR) is 35.0 cm³/mol.